The minimum Gasteiger partial charge on any atom is -0.462 e. The standard InChI is InChI=1S/C11H15FN2O.C5H10O2/c12-9-1-3-10(4-2-9)14-6-5-13-7-11(14)8-15;1-5(2,3)7-4-6/h1-4,11,13,15H,5-8H2;4H,1-3H3. The second kappa shape index (κ2) is 8.70. The van der Waals surface area contributed by atoms with Crippen LogP contribution in [0, 0.1) is 5.82 Å². The molecule has 1 fully saturated rings. The van der Waals surface area contributed by atoms with Crippen molar-refractivity contribution in [1.82, 2.24) is 5.32 Å². The molecule has 1 aliphatic heterocycles. The van der Waals surface area contributed by atoms with Crippen LogP contribution in [0.2, 0.25) is 0 Å². The number of rotatable bonds is 3. The molecule has 1 aliphatic rings. The van der Waals surface area contributed by atoms with Crippen LogP contribution in [0.3, 0.4) is 0 Å². The lowest BCUT2D eigenvalue weighted by molar-refractivity contribution is -0.138. The molecule has 1 aromatic carbocycles. The fraction of sp³-hybridized carbons (Fsp3) is 0.562. The number of anilines is 1. The number of ether oxygens (including phenoxy) is 1. The lowest BCUT2D eigenvalue weighted by Gasteiger charge is -2.36. The van der Waals surface area contributed by atoms with Gasteiger partial charge in [0.15, 0.2) is 0 Å². The summed E-state index contributed by atoms with van der Waals surface area (Å²) in [4.78, 5) is 11.7. The molecule has 22 heavy (non-hydrogen) atoms. The van der Waals surface area contributed by atoms with Crippen molar-refractivity contribution in [3.63, 3.8) is 0 Å². The molecule has 0 aromatic heterocycles. The second-order valence-electron chi connectivity index (χ2n) is 6.04. The molecule has 1 saturated heterocycles. The van der Waals surface area contributed by atoms with Crippen LogP contribution in [0.15, 0.2) is 24.3 Å². The topological polar surface area (TPSA) is 61.8 Å². The number of nitrogens with one attached hydrogen (secondary N) is 1. The SMILES string of the molecule is CC(C)(C)OC=O.OCC1CNCCN1c1ccc(F)cc1. The lowest BCUT2D eigenvalue weighted by atomic mass is 10.1. The molecule has 124 valence electrons. The third-order valence-corrected chi connectivity index (χ3v) is 3.12. The van der Waals surface area contributed by atoms with Gasteiger partial charge in [-0.15, -0.1) is 0 Å². The summed E-state index contributed by atoms with van der Waals surface area (Å²) in [6.07, 6.45) is 0. The molecule has 1 aromatic rings. The summed E-state index contributed by atoms with van der Waals surface area (Å²) in [5.41, 5.74) is 0.652. The third kappa shape index (κ3) is 6.41. The van der Waals surface area contributed by atoms with Gasteiger partial charge in [0.2, 0.25) is 0 Å². The van der Waals surface area contributed by atoms with Crippen LogP contribution in [0.4, 0.5) is 10.1 Å². The Balaban J connectivity index is 0.000000295. The molecule has 6 heteroatoms. The van der Waals surface area contributed by atoms with Gasteiger partial charge in [-0.2, -0.15) is 0 Å². The Morgan fingerprint density at radius 2 is 2.05 bits per heavy atom. The van der Waals surface area contributed by atoms with Gasteiger partial charge < -0.3 is 20.1 Å². The van der Waals surface area contributed by atoms with Gasteiger partial charge in [0.1, 0.15) is 11.4 Å². The number of hydrogen-bond donors (Lipinski definition) is 2. The summed E-state index contributed by atoms with van der Waals surface area (Å²) in [7, 11) is 0. The van der Waals surface area contributed by atoms with Gasteiger partial charge in [0.25, 0.3) is 6.47 Å². The molecule has 5 nitrogen and oxygen atoms in total. The van der Waals surface area contributed by atoms with Crippen LogP contribution in [-0.2, 0) is 9.53 Å². The Morgan fingerprint density at radius 1 is 1.41 bits per heavy atom. The smallest absolute Gasteiger partial charge is 0.293 e. The van der Waals surface area contributed by atoms with E-state index in [1.165, 1.54) is 12.1 Å². The van der Waals surface area contributed by atoms with Crippen molar-refractivity contribution in [1.29, 1.82) is 0 Å². The maximum Gasteiger partial charge on any atom is 0.293 e. The quantitative estimate of drug-likeness (QED) is 0.829. The van der Waals surface area contributed by atoms with Crippen molar-refractivity contribution in [2.24, 2.45) is 0 Å². The molecule has 0 bridgehead atoms. The molecule has 2 N–H and O–H groups in total. The number of halogens is 1. The first-order valence-corrected chi connectivity index (χ1v) is 7.32. The molecule has 2 rings (SSSR count). The minimum atomic E-state index is -0.318. The molecular formula is C16H25FN2O3. The zero-order valence-corrected chi connectivity index (χ0v) is 13.4. The Kier molecular flexibility index (Phi) is 7.27. The van der Waals surface area contributed by atoms with Gasteiger partial charge in [-0.25, -0.2) is 4.39 Å². The van der Waals surface area contributed by atoms with E-state index < -0.39 is 0 Å². The zero-order chi connectivity index (χ0) is 16.6. The monoisotopic (exact) mass is 312 g/mol. The van der Waals surface area contributed by atoms with Gasteiger partial charge in [-0.3, -0.25) is 4.79 Å². The van der Waals surface area contributed by atoms with E-state index in [-0.39, 0.29) is 24.1 Å². The highest BCUT2D eigenvalue weighted by atomic mass is 19.1. The molecule has 0 spiro atoms. The number of carbonyl (C=O) groups is 1. The highest BCUT2D eigenvalue weighted by Gasteiger charge is 2.21. The van der Waals surface area contributed by atoms with E-state index in [0.29, 0.717) is 6.47 Å². The predicted octanol–water partition coefficient (Wildman–Crippen LogP) is 1.55. The Labute approximate surface area is 131 Å². The van der Waals surface area contributed by atoms with E-state index in [2.05, 4.69) is 15.0 Å². The predicted molar refractivity (Wildman–Crippen MR) is 84.4 cm³/mol. The van der Waals surface area contributed by atoms with Crippen molar-refractivity contribution in [2.75, 3.05) is 31.1 Å². The number of hydrogen-bond acceptors (Lipinski definition) is 5. The maximum atomic E-state index is 12.8. The number of piperazine rings is 1. The Bertz CT molecular complexity index is 446. The minimum absolute atomic E-state index is 0.0872. The van der Waals surface area contributed by atoms with Crippen molar-refractivity contribution >= 4 is 12.2 Å². The summed E-state index contributed by atoms with van der Waals surface area (Å²) in [6.45, 7) is 8.55. The van der Waals surface area contributed by atoms with Gasteiger partial charge in [-0.1, -0.05) is 0 Å². The Hall–Kier alpha value is -1.66. The summed E-state index contributed by atoms with van der Waals surface area (Å²) >= 11 is 0. The first-order valence-electron chi connectivity index (χ1n) is 7.32. The number of aliphatic hydroxyl groups excluding tert-OH is 1. The van der Waals surface area contributed by atoms with Crippen LogP contribution in [0.25, 0.3) is 0 Å². The first-order chi connectivity index (χ1) is 10.4. The summed E-state index contributed by atoms with van der Waals surface area (Å²) in [5, 5.41) is 12.4. The van der Waals surface area contributed by atoms with Gasteiger partial charge >= 0.3 is 0 Å². The molecule has 1 atom stereocenters. The largest absolute Gasteiger partial charge is 0.462 e. The highest BCUT2D eigenvalue weighted by Crippen LogP contribution is 2.18. The number of benzene rings is 1. The summed E-state index contributed by atoms with van der Waals surface area (Å²) in [5.74, 6) is -0.227. The lowest BCUT2D eigenvalue weighted by Crippen LogP contribution is -2.53. The van der Waals surface area contributed by atoms with Crippen LogP contribution in [-0.4, -0.2) is 49.5 Å². The van der Waals surface area contributed by atoms with E-state index in [4.69, 9.17) is 0 Å². The normalized spacial score (nSPS) is 18.2. The Morgan fingerprint density at radius 3 is 2.50 bits per heavy atom. The number of aliphatic hydroxyl groups is 1. The fourth-order valence-corrected chi connectivity index (χ4v) is 2.04. The van der Waals surface area contributed by atoms with Crippen molar-refractivity contribution in [3.8, 4) is 0 Å². The van der Waals surface area contributed by atoms with E-state index in [9.17, 15) is 14.3 Å². The van der Waals surface area contributed by atoms with Crippen molar-refractivity contribution < 1.29 is 19.0 Å². The average Bonchev–Trinajstić information content (AvgIpc) is 2.47. The molecule has 0 saturated carbocycles. The number of carbonyl (C=O) groups excluding carboxylic acids is 1. The van der Waals surface area contributed by atoms with Crippen LogP contribution < -0.4 is 10.2 Å². The molecular weight excluding hydrogens is 287 g/mol. The zero-order valence-electron chi connectivity index (χ0n) is 13.4. The van der Waals surface area contributed by atoms with Crippen LogP contribution >= 0.6 is 0 Å². The third-order valence-electron chi connectivity index (χ3n) is 3.12. The van der Waals surface area contributed by atoms with Crippen molar-refractivity contribution in [3.05, 3.63) is 30.1 Å². The molecule has 0 aliphatic carbocycles. The maximum absolute atomic E-state index is 12.8. The summed E-state index contributed by atoms with van der Waals surface area (Å²) in [6, 6.07) is 6.49. The van der Waals surface area contributed by atoms with Crippen LogP contribution in [0.1, 0.15) is 20.8 Å². The van der Waals surface area contributed by atoms with E-state index in [1.54, 1.807) is 12.1 Å². The molecule has 1 heterocycles. The van der Waals surface area contributed by atoms with Crippen molar-refractivity contribution in [2.45, 2.75) is 32.4 Å². The van der Waals surface area contributed by atoms with Gasteiger partial charge in [0.05, 0.1) is 12.6 Å². The van der Waals surface area contributed by atoms with Crippen LogP contribution in [0.5, 0.6) is 0 Å². The van der Waals surface area contributed by atoms with E-state index >= 15 is 0 Å². The highest BCUT2D eigenvalue weighted by molar-refractivity contribution is 5.48. The van der Waals surface area contributed by atoms with Gasteiger partial charge in [0, 0.05) is 25.3 Å². The second-order valence-corrected chi connectivity index (χ2v) is 6.04. The molecule has 0 radical (unpaired) electrons. The number of nitrogens with zero attached hydrogens (tertiary/aromatic N) is 1. The van der Waals surface area contributed by atoms with E-state index in [1.807, 2.05) is 20.8 Å². The fourth-order valence-electron chi connectivity index (χ4n) is 2.04. The summed E-state index contributed by atoms with van der Waals surface area (Å²) < 4.78 is 17.3. The van der Waals surface area contributed by atoms with E-state index in [0.717, 1.165) is 25.3 Å². The van der Waals surface area contributed by atoms with Gasteiger partial charge in [-0.05, 0) is 45.0 Å². The molecule has 0 amide bonds. The first kappa shape index (κ1) is 18.4. The molecule has 1 unspecified atom stereocenters. The average molecular weight is 312 g/mol.